The number of hydrogen-bond acceptors (Lipinski definition) is 5. The fourth-order valence-corrected chi connectivity index (χ4v) is 2.47. The summed E-state index contributed by atoms with van der Waals surface area (Å²) in [6.07, 6.45) is 1.78. The lowest BCUT2D eigenvalue weighted by atomic mass is 9.95. The molecule has 1 aromatic carbocycles. The van der Waals surface area contributed by atoms with Crippen LogP contribution in [0.2, 0.25) is 0 Å². The van der Waals surface area contributed by atoms with Crippen LogP contribution in [0.3, 0.4) is 0 Å². The molecule has 1 aliphatic rings. The fourth-order valence-electron chi connectivity index (χ4n) is 2.47. The van der Waals surface area contributed by atoms with E-state index in [1.54, 1.807) is 21.3 Å². The number of nitrogens with two attached hydrogens (primary N) is 1. The molecule has 0 bridgehead atoms. The highest BCUT2D eigenvalue weighted by molar-refractivity contribution is 5.56. The van der Waals surface area contributed by atoms with Crippen LogP contribution in [0.25, 0.3) is 0 Å². The van der Waals surface area contributed by atoms with Crippen molar-refractivity contribution in [2.24, 2.45) is 5.73 Å². The van der Waals surface area contributed by atoms with Gasteiger partial charge in [-0.3, -0.25) is 0 Å². The summed E-state index contributed by atoms with van der Waals surface area (Å²) < 4.78 is 21.9. The Labute approximate surface area is 113 Å². The van der Waals surface area contributed by atoms with Crippen LogP contribution in [0, 0.1) is 0 Å². The summed E-state index contributed by atoms with van der Waals surface area (Å²) >= 11 is 0. The minimum Gasteiger partial charge on any atom is -0.493 e. The molecule has 0 radical (unpaired) electrons. The van der Waals surface area contributed by atoms with Crippen molar-refractivity contribution in [3.63, 3.8) is 0 Å². The first-order valence-electron chi connectivity index (χ1n) is 6.39. The summed E-state index contributed by atoms with van der Waals surface area (Å²) in [6, 6.07) is 3.75. The van der Waals surface area contributed by atoms with E-state index in [1.165, 1.54) is 0 Å². The Hall–Kier alpha value is -1.46. The van der Waals surface area contributed by atoms with Gasteiger partial charge in [-0.05, 0) is 25.0 Å². The van der Waals surface area contributed by atoms with Crippen LogP contribution < -0.4 is 19.9 Å². The maximum Gasteiger partial charge on any atom is 0.203 e. The molecule has 1 aromatic rings. The first kappa shape index (κ1) is 14.0. The van der Waals surface area contributed by atoms with Crippen LogP contribution in [0.1, 0.15) is 24.5 Å². The highest BCUT2D eigenvalue weighted by Crippen LogP contribution is 2.44. The van der Waals surface area contributed by atoms with E-state index in [2.05, 4.69) is 0 Å². The molecule has 2 atom stereocenters. The van der Waals surface area contributed by atoms with Gasteiger partial charge in [0.1, 0.15) is 6.10 Å². The molecule has 19 heavy (non-hydrogen) atoms. The smallest absolute Gasteiger partial charge is 0.203 e. The van der Waals surface area contributed by atoms with Gasteiger partial charge in [0.15, 0.2) is 11.5 Å². The molecule has 0 saturated carbocycles. The summed E-state index contributed by atoms with van der Waals surface area (Å²) in [7, 11) is 4.79. The van der Waals surface area contributed by atoms with E-state index < -0.39 is 0 Å². The van der Waals surface area contributed by atoms with Crippen molar-refractivity contribution < 1.29 is 18.9 Å². The topological polar surface area (TPSA) is 62.9 Å². The summed E-state index contributed by atoms with van der Waals surface area (Å²) in [5.74, 6) is 1.83. The van der Waals surface area contributed by atoms with Crippen LogP contribution >= 0.6 is 0 Å². The first-order chi connectivity index (χ1) is 9.22. The van der Waals surface area contributed by atoms with E-state index in [0.717, 1.165) is 25.0 Å². The molecular formula is C14H21NO4. The predicted octanol–water partition coefficient (Wildman–Crippen LogP) is 1.89. The molecule has 0 aromatic heterocycles. The Morgan fingerprint density at radius 3 is 2.42 bits per heavy atom. The minimum absolute atomic E-state index is 0.0271. The maximum atomic E-state index is 6.14. The van der Waals surface area contributed by atoms with Crippen molar-refractivity contribution in [1.82, 2.24) is 0 Å². The van der Waals surface area contributed by atoms with E-state index in [-0.39, 0.29) is 12.1 Å². The van der Waals surface area contributed by atoms with Gasteiger partial charge in [0.25, 0.3) is 0 Å². The van der Waals surface area contributed by atoms with Crippen molar-refractivity contribution in [1.29, 1.82) is 0 Å². The fraction of sp³-hybridized carbons (Fsp3) is 0.571. The number of benzene rings is 1. The SMILES string of the molecule is COc1ccc(C2OCCCC2N)c(OC)c1OC. The molecule has 1 heterocycles. The van der Waals surface area contributed by atoms with Gasteiger partial charge in [-0.25, -0.2) is 0 Å². The molecule has 2 unspecified atom stereocenters. The van der Waals surface area contributed by atoms with Gasteiger partial charge in [0.2, 0.25) is 5.75 Å². The Morgan fingerprint density at radius 2 is 1.84 bits per heavy atom. The number of methoxy groups -OCH3 is 3. The normalized spacial score (nSPS) is 22.9. The molecule has 1 aliphatic heterocycles. The largest absolute Gasteiger partial charge is 0.493 e. The zero-order chi connectivity index (χ0) is 13.8. The molecule has 0 spiro atoms. The third kappa shape index (κ3) is 2.62. The summed E-state index contributed by atoms with van der Waals surface area (Å²) in [5.41, 5.74) is 7.05. The minimum atomic E-state index is -0.163. The van der Waals surface area contributed by atoms with Crippen molar-refractivity contribution in [2.75, 3.05) is 27.9 Å². The quantitative estimate of drug-likeness (QED) is 0.902. The van der Waals surface area contributed by atoms with E-state index in [9.17, 15) is 0 Å². The summed E-state index contributed by atoms with van der Waals surface area (Å²) in [5, 5.41) is 0. The standard InChI is InChI=1S/C14H21NO4/c1-16-11-7-6-9(13(17-2)14(11)18-3)12-10(15)5-4-8-19-12/h6-7,10,12H,4-5,8,15H2,1-3H3. The van der Waals surface area contributed by atoms with Crippen LogP contribution in [0.5, 0.6) is 17.2 Å². The number of hydrogen-bond donors (Lipinski definition) is 1. The molecule has 0 aliphatic carbocycles. The molecule has 5 heteroatoms. The van der Waals surface area contributed by atoms with Gasteiger partial charge in [-0.15, -0.1) is 0 Å². The van der Waals surface area contributed by atoms with Gasteiger partial charge in [-0.2, -0.15) is 0 Å². The lowest BCUT2D eigenvalue weighted by Crippen LogP contribution is -2.34. The molecule has 5 nitrogen and oxygen atoms in total. The zero-order valence-electron chi connectivity index (χ0n) is 11.6. The van der Waals surface area contributed by atoms with Crippen molar-refractivity contribution in [3.8, 4) is 17.2 Å². The Balaban J connectivity index is 2.44. The molecule has 0 amide bonds. The highest BCUT2D eigenvalue weighted by atomic mass is 16.5. The van der Waals surface area contributed by atoms with Crippen molar-refractivity contribution in [2.45, 2.75) is 25.0 Å². The summed E-state index contributed by atoms with van der Waals surface area (Å²) in [6.45, 7) is 0.718. The highest BCUT2D eigenvalue weighted by Gasteiger charge is 2.29. The van der Waals surface area contributed by atoms with Gasteiger partial charge < -0.3 is 24.7 Å². The second-order valence-electron chi connectivity index (χ2n) is 4.52. The van der Waals surface area contributed by atoms with E-state index in [0.29, 0.717) is 17.2 Å². The first-order valence-corrected chi connectivity index (χ1v) is 6.39. The second kappa shape index (κ2) is 6.12. The molecular weight excluding hydrogens is 246 g/mol. The lowest BCUT2D eigenvalue weighted by molar-refractivity contribution is -0.00134. The average Bonchev–Trinajstić information content (AvgIpc) is 2.46. The van der Waals surface area contributed by atoms with E-state index in [4.69, 9.17) is 24.7 Å². The predicted molar refractivity (Wildman–Crippen MR) is 72.0 cm³/mol. The monoisotopic (exact) mass is 267 g/mol. The van der Waals surface area contributed by atoms with Gasteiger partial charge in [0.05, 0.1) is 21.3 Å². The Kier molecular flexibility index (Phi) is 4.50. The molecule has 2 N–H and O–H groups in total. The molecule has 1 saturated heterocycles. The van der Waals surface area contributed by atoms with E-state index in [1.807, 2.05) is 12.1 Å². The average molecular weight is 267 g/mol. The van der Waals surface area contributed by atoms with Crippen LogP contribution in [-0.2, 0) is 4.74 Å². The zero-order valence-corrected chi connectivity index (χ0v) is 11.6. The van der Waals surface area contributed by atoms with Gasteiger partial charge in [-0.1, -0.05) is 0 Å². The Morgan fingerprint density at radius 1 is 1.11 bits per heavy atom. The number of ether oxygens (including phenoxy) is 4. The second-order valence-corrected chi connectivity index (χ2v) is 4.52. The molecule has 2 rings (SSSR count). The Bertz CT molecular complexity index is 436. The van der Waals surface area contributed by atoms with Crippen molar-refractivity contribution >= 4 is 0 Å². The third-order valence-electron chi connectivity index (χ3n) is 3.41. The van der Waals surface area contributed by atoms with Crippen LogP contribution in [0.4, 0.5) is 0 Å². The summed E-state index contributed by atoms with van der Waals surface area (Å²) in [4.78, 5) is 0. The van der Waals surface area contributed by atoms with Crippen molar-refractivity contribution in [3.05, 3.63) is 17.7 Å². The maximum absolute atomic E-state index is 6.14. The lowest BCUT2D eigenvalue weighted by Gasteiger charge is -2.30. The van der Waals surface area contributed by atoms with Gasteiger partial charge >= 0.3 is 0 Å². The van der Waals surface area contributed by atoms with Crippen LogP contribution in [-0.4, -0.2) is 34.0 Å². The van der Waals surface area contributed by atoms with Gasteiger partial charge in [0, 0.05) is 18.2 Å². The molecule has 106 valence electrons. The van der Waals surface area contributed by atoms with E-state index >= 15 is 0 Å². The third-order valence-corrected chi connectivity index (χ3v) is 3.41. The van der Waals surface area contributed by atoms with Crippen LogP contribution in [0.15, 0.2) is 12.1 Å². The number of rotatable bonds is 4. The molecule has 1 fully saturated rings.